The normalized spacial score (nSPS) is 14.6. The van der Waals surface area contributed by atoms with Crippen LogP contribution in [0.1, 0.15) is 22.3 Å². The zero-order valence-electron chi connectivity index (χ0n) is 15.8. The molecule has 29 heavy (non-hydrogen) atoms. The molecule has 0 spiro atoms. The van der Waals surface area contributed by atoms with Crippen LogP contribution >= 0.6 is 0 Å². The highest BCUT2D eigenvalue weighted by atomic mass is 19.1. The first-order valence-corrected chi connectivity index (χ1v) is 9.15. The fourth-order valence-electron chi connectivity index (χ4n) is 3.00. The molecule has 0 saturated heterocycles. The van der Waals surface area contributed by atoms with E-state index < -0.39 is 11.8 Å². The van der Waals surface area contributed by atoms with Crippen molar-refractivity contribution in [3.8, 4) is 5.75 Å². The fourth-order valence-corrected chi connectivity index (χ4v) is 3.00. The van der Waals surface area contributed by atoms with Gasteiger partial charge in [0.2, 0.25) is 5.90 Å². The van der Waals surface area contributed by atoms with Crippen LogP contribution in [0.2, 0.25) is 0 Å². The van der Waals surface area contributed by atoms with Gasteiger partial charge >= 0.3 is 5.97 Å². The van der Waals surface area contributed by atoms with Gasteiger partial charge in [0.25, 0.3) is 0 Å². The van der Waals surface area contributed by atoms with Crippen LogP contribution < -0.4 is 4.74 Å². The molecule has 0 aromatic heterocycles. The lowest BCUT2D eigenvalue weighted by molar-refractivity contribution is -0.129. The molecule has 0 aliphatic carbocycles. The van der Waals surface area contributed by atoms with E-state index in [2.05, 4.69) is 11.1 Å². The van der Waals surface area contributed by atoms with Crippen LogP contribution in [0.4, 0.5) is 4.39 Å². The molecule has 4 nitrogen and oxygen atoms in total. The minimum atomic E-state index is -0.628. The summed E-state index contributed by atoms with van der Waals surface area (Å²) < 4.78 is 25.1. The first kappa shape index (κ1) is 18.6. The zero-order chi connectivity index (χ0) is 20.2. The van der Waals surface area contributed by atoms with Crippen molar-refractivity contribution < 1.29 is 18.7 Å². The van der Waals surface area contributed by atoms with E-state index in [0.717, 1.165) is 11.1 Å². The monoisotopic (exact) mass is 387 g/mol. The maximum absolute atomic E-state index is 14.0. The summed E-state index contributed by atoms with van der Waals surface area (Å²) in [6.07, 6.45) is 1.59. The van der Waals surface area contributed by atoms with Gasteiger partial charge < -0.3 is 9.47 Å². The number of carbonyl (C=O) groups is 1. The lowest BCUT2D eigenvalue weighted by Gasteiger charge is -2.09. The molecule has 5 heteroatoms. The third-order valence-electron chi connectivity index (χ3n) is 4.41. The van der Waals surface area contributed by atoms with Crippen LogP contribution in [0, 0.1) is 12.7 Å². The third-order valence-corrected chi connectivity index (χ3v) is 4.41. The molecule has 0 fully saturated rings. The minimum absolute atomic E-state index is 0.0440. The smallest absolute Gasteiger partial charge is 0.363 e. The van der Waals surface area contributed by atoms with Gasteiger partial charge in [-0.1, -0.05) is 60.2 Å². The molecular formula is C24H18FNO3. The summed E-state index contributed by atoms with van der Waals surface area (Å²) in [6.45, 7) is 2.43. The summed E-state index contributed by atoms with van der Waals surface area (Å²) in [5.41, 5.74) is 3.13. The summed E-state index contributed by atoms with van der Waals surface area (Å²) in [7, 11) is 0. The van der Waals surface area contributed by atoms with Crippen molar-refractivity contribution in [2.75, 3.05) is 0 Å². The number of halogens is 1. The minimum Gasteiger partial charge on any atom is -0.488 e. The number of nitrogens with zero attached hydrogens (tertiary/aromatic N) is 1. The summed E-state index contributed by atoms with van der Waals surface area (Å²) >= 11 is 0. The third kappa shape index (κ3) is 4.24. The number of hydrogen-bond donors (Lipinski definition) is 0. The van der Waals surface area contributed by atoms with E-state index >= 15 is 0 Å². The number of benzene rings is 3. The lowest BCUT2D eigenvalue weighted by Crippen LogP contribution is -2.07. The van der Waals surface area contributed by atoms with E-state index in [1.54, 1.807) is 18.2 Å². The molecule has 3 aromatic rings. The van der Waals surface area contributed by atoms with Crippen molar-refractivity contribution >= 4 is 17.9 Å². The summed E-state index contributed by atoms with van der Waals surface area (Å²) in [5.74, 6) is -0.555. The van der Waals surface area contributed by atoms with Gasteiger partial charge in [0.05, 0.1) is 5.56 Å². The second-order valence-corrected chi connectivity index (χ2v) is 6.63. The molecule has 0 unspecified atom stereocenters. The number of carbonyl (C=O) groups excluding carboxylic acids is 1. The molecule has 0 bridgehead atoms. The molecule has 0 amide bonds. The molecule has 4 rings (SSSR count). The highest BCUT2D eigenvalue weighted by Gasteiger charge is 2.26. The molecule has 0 saturated carbocycles. The Morgan fingerprint density at radius 3 is 2.66 bits per heavy atom. The molecule has 0 atom stereocenters. The van der Waals surface area contributed by atoms with E-state index in [9.17, 15) is 9.18 Å². The Bertz CT molecular complexity index is 1130. The summed E-state index contributed by atoms with van der Waals surface area (Å²) in [4.78, 5) is 16.4. The Kier molecular flexibility index (Phi) is 5.20. The van der Waals surface area contributed by atoms with E-state index in [4.69, 9.17) is 9.47 Å². The van der Waals surface area contributed by atoms with Crippen molar-refractivity contribution in [3.05, 3.63) is 107 Å². The SMILES string of the molecule is Cc1cccc(COc2ccccc2/C=C2/N=C(c3ccccc3F)OC2=O)c1. The van der Waals surface area contributed by atoms with Gasteiger partial charge in [-0.2, -0.15) is 0 Å². The lowest BCUT2D eigenvalue weighted by atomic mass is 10.1. The first-order valence-electron chi connectivity index (χ1n) is 9.15. The number of ether oxygens (including phenoxy) is 2. The Balaban J connectivity index is 1.60. The van der Waals surface area contributed by atoms with Crippen LogP contribution in [0.25, 0.3) is 6.08 Å². The topological polar surface area (TPSA) is 47.9 Å². The average molecular weight is 387 g/mol. The fraction of sp³-hybridized carbons (Fsp3) is 0.0833. The number of hydrogen-bond acceptors (Lipinski definition) is 4. The quantitative estimate of drug-likeness (QED) is 0.454. The first-order chi connectivity index (χ1) is 14.1. The van der Waals surface area contributed by atoms with Crippen LogP contribution in [-0.4, -0.2) is 11.9 Å². The van der Waals surface area contributed by atoms with E-state index in [0.29, 0.717) is 17.9 Å². The van der Waals surface area contributed by atoms with Crippen LogP contribution in [0.3, 0.4) is 0 Å². The van der Waals surface area contributed by atoms with Crippen molar-refractivity contribution in [2.24, 2.45) is 4.99 Å². The van der Waals surface area contributed by atoms with Crippen LogP contribution in [0.15, 0.2) is 83.5 Å². The molecule has 0 N–H and O–H groups in total. The molecule has 1 heterocycles. The van der Waals surface area contributed by atoms with Gasteiger partial charge in [-0.15, -0.1) is 0 Å². The van der Waals surface area contributed by atoms with Gasteiger partial charge in [0.1, 0.15) is 18.2 Å². The predicted octanol–water partition coefficient (Wildman–Crippen LogP) is 5.06. The highest BCUT2D eigenvalue weighted by molar-refractivity contribution is 6.13. The maximum atomic E-state index is 14.0. The summed E-state index contributed by atoms with van der Waals surface area (Å²) in [5, 5.41) is 0. The number of esters is 1. The Labute approximate surface area is 167 Å². The largest absolute Gasteiger partial charge is 0.488 e. The van der Waals surface area contributed by atoms with Crippen molar-refractivity contribution in [3.63, 3.8) is 0 Å². The summed E-state index contributed by atoms with van der Waals surface area (Å²) in [6, 6.07) is 21.4. The highest BCUT2D eigenvalue weighted by Crippen LogP contribution is 2.26. The number of para-hydroxylation sites is 1. The number of aliphatic imine (C=N–C) groups is 1. The Morgan fingerprint density at radius 2 is 1.83 bits per heavy atom. The average Bonchev–Trinajstić information content (AvgIpc) is 3.08. The van der Waals surface area contributed by atoms with Gasteiger partial charge in [0.15, 0.2) is 5.70 Å². The molecule has 144 valence electrons. The number of aryl methyl sites for hydroxylation is 1. The van der Waals surface area contributed by atoms with Crippen molar-refractivity contribution in [1.82, 2.24) is 0 Å². The maximum Gasteiger partial charge on any atom is 0.363 e. The van der Waals surface area contributed by atoms with E-state index in [-0.39, 0.29) is 17.2 Å². The van der Waals surface area contributed by atoms with Crippen molar-refractivity contribution in [2.45, 2.75) is 13.5 Å². The Morgan fingerprint density at radius 1 is 1.03 bits per heavy atom. The van der Waals surface area contributed by atoms with E-state index in [1.165, 1.54) is 12.1 Å². The van der Waals surface area contributed by atoms with Crippen LogP contribution in [-0.2, 0) is 16.1 Å². The standard InChI is InChI=1S/C24H18FNO3/c1-16-7-6-8-17(13-16)15-28-22-12-5-2-9-18(22)14-21-24(27)29-23(26-21)19-10-3-4-11-20(19)25/h2-14H,15H2,1H3/b21-14+. The van der Waals surface area contributed by atoms with E-state index in [1.807, 2.05) is 49.4 Å². The Hall–Kier alpha value is -3.73. The molecular weight excluding hydrogens is 369 g/mol. The van der Waals surface area contributed by atoms with Gasteiger partial charge in [-0.25, -0.2) is 14.2 Å². The van der Waals surface area contributed by atoms with Gasteiger partial charge in [-0.3, -0.25) is 0 Å². The second kappa shape index (κ2) is 8.10. The molecule has 1 aliphatic rings. The van der Waals surface area contributed by atoms with Crippen molar-refractivity contribution in [1.29, 1.82) is 0 Å². The second-order valence-electron chi connectivity index (χ2n) is 6.63. The van der Waals surface area contributed by atoms with Gasteiger partial charge in [-0.05, 0) is 36.8 Å². The molecule has 1 aliphatic heterocycles. The number of rotatable bonds is 5. The molecule has 0 radical (unpaired) electrons. The van der Waals surface area contributed by atoms with Crippen LogP contribution in [0.5, 0.6) is 5.75 Å². The predicted molar refractivity (Wildman–Crippen MR) is 109 cm³/mol. The molecule has 3 aromatic carbocycles. The van der Waals surface area contributed by atoms with Gasteiger partial charge in [0, 0.05) is 5.56 Å². The zero-order valence-corrected chi connectivity index (χ0v) is 15.8. The number of cyclic esters (lactones) is 1.